The average molecular weight is 288 g/mol. The molecule has 7 heteroatoms. The van der Waals surface area contributed by atoms with Crippen LogP contribution in [0.2, 0.25) is 0 Å². The summed E-state index contributed by atoms with van der Waals surface area (Å²) < 4.78 is 20.4. The van der Waals surface area contributed by atoms with Crippen molar-refractivity contribution in [3.05, 3.63) is 29.8 Å². The van der Waals surface area contributed by atoms with Gasteiger partial charge in [0.15, 0.2) is 0 Å². The number of hydrogen-bond acceptors (Lipinski definition) is 4. The number of esters is 1. The van der Waals surface area contributed by atoms with E-state index in [9.17, 15) is 9.36 Å². The summed E-state index contributed by atoms with van der Waals surface area (Å²) in [7, 11) is -4.64. The molecule has 0 aliphatic carbocycles. The van der Waals surface area contributed by atoms with E-state index in [0.717, 1.165) is 0 Å². The standard InChI is InChI=1S/C12H17O6P/c1-3-9(2)17-12(13)8-10-6-4-5-7-11(10)18-19(14,15)16/h4-7,9H,3,8H2,1-2H3,(H2,14,15,16). The maximum atomic E-state index is 11.6. The molecule has 0 aliphatic heterocycles. The Labute approximate surface area is 111 Å². The van der Waals surface area contributed by atoms with Crippen molar-refractivity contribution in [3.8, 4) is 5.75 Å². The molecular formula is C12H17O6P. The summed E-state index contributed by atoms with van der Waals surface area (Å²) in [5.41, 5.74) is 0.374. The van der Waals surface area contributed by atoms with Crippen molar-refractivity contribution in [2.75, 3.05) is 0 Å². The van der Waals surface area contributed by atoms with Gasteiger partial charge >= 0.3 is 13.8 Å². The minimum atomic E-state index is -4.64. The quantitative estimate of drug-likeness (QED) is 0.614. The molecule has 1 atom stereocenters. The van der Waals surface area contributed by atoms with Crippen molar-refractivity contribution in [1.82, 2.24) is 0 Å². The molecule has 0 amide bonds. The molecule has 106 valence electrons. The monoisotopic (exact) mass is 288 g/mol. The van der Waals surface area contributed by atoms with Crippen LogP contribution in [0.5, 0.6) is 5.75 Å². The van der Waals surface area contributed by atoms with Gasteiger partial charge in [-0.15, -0.1) is 0 Å². The molecule has 1 rings (SSSR count). The maximum absolute atomic E-state index is 11.6. The van der Waals surface area contributed by atoms with E-state index >= 15 is 0 Å². The highest BCUT2D eigenvalue weighted by Crippen LogP contribution is 2.39. The van der Waals surface area contributed by atoms with Crippen LogP contribution < -0.4 is 4.52 Å². The number of phosphoric ester groups is 1. The van der Waals surface area contributed by atoms with Gasteiger partial charge in [0.2, 0.25) is 0 Å². The molecule has 0 heterocycles. The lowest BCUT2D eigenvalue weighted by Gasteiger charge is -2.13. The second kappa shape index (κ2) is 6.70. The third kappa shape index (κ3) is 5.87. The van der Waals surface area contributed by atoms with Gasteiger partial charge in [-0.1, -0.05) is 25.1 Å². The van der Waals surface area contributed by atoms with Crippen LogP contribution in [-0.2, 0) is 20.5 Å². The van der Waals surface area contributed by atoms with Gasteiger partial charge in [-0.2, -0.15) is 0 Å². The van der Waals surface area contributed by atoms with Crippen molar-refractivity contribution in [2.45, 2.75) is 32.8 Å². The molecule has 0 bridgehead atoms. The molecule has 0 saturated carbocycles. The van der Waals surface area contributed by atoms with Gasteiger partial charge in [0, 0.05) is 5.56 Å². The van der Waals surface area contributed by atoms with Crippen LogP contribution in [0, 0.1) is 0 Å². The lowest BCUT2D eigenvalue weighted by atomic mass is 10.1. The SMILES string of the molecule is CCC(C)OC(=O)Cc1ccccc1OP(=O)(O)O. The van der Waals surface area contributed by atoms with Gasteiger partial charge in [-0.3, -0.25) is 14.6 Å². The van der Waals surface area contributed by atoms with Crippen molar-refractivity contribution in [1.29, 1.82) is 0 Å². The first kappa shape index (κ1) is 15.7. The molecule has 0 aliphatic rings. The topological polar surface area (TPSA) is 93.1 Å². The van der Waals surface area contributed by atoms with Crippen LogP contribution in [0.15, 0.2) is 24.3 Å². The van der Waals surface area contributed by atoms with Crippen molar-refractivity contribution in [3.63, 3.8) is 0 Å². The fraction of sp³-hybridized carbons (Fsp3) is 0.417. The summed E-state index contributed by atoms with van der Waals surface area (Å²) in [5, 5.41) is 0. The van der Waals surface area contributed by atoms with Crippen molar-refractivity contribution >= 4 is 13.8 Å². The Bertz CT molecular complexity index is 481. The molecule has 0 saturated heterocycles. The number of carbonyl (C=O) groups is 1. The Kier molecular flexibility index (Phi) is 5.54. The predicted octanol–water partition coefficient (Wildman–Crippen LogP) is 2.04. The smallest absolute Gasteiger partial charge is 0.462 e. The van der Waals surface area contributed by atoms with Crippen LogP contribution in [0.4, 0.5) is 0 Å². The largest absolute Gasteiger partial charge is 0.524 e. The molecular weight excluding hydrogens is 271 g/mol. The van der Waals surface area contributed by atoms with Crippen molar-refractivity contribution < 1.29 is 28.4 Å². The van der Waals surface area contributed by atoms with E-state index in [1.165, 1.54) is 6.07 Å². The molecule has 0 spiro atoms. The zero-order valence-corrected chi connectivity index (χ0v) is 11.7. The second-order valence-corrected chi connectivity index (χ2v) is 5.24. The molecule has 19 heavy (non-hydrogen) atoms. The number of hydrogen-bond donors (Lipinski definition) is 2. The zero-order valence-electron chi connectivity index (χ0n) is 10.8. The number of phosphoric acid groups is 1. The van der Waals surface area contributed by atoms with Gasteiger partial charge in [-0.25, -0.2) is 4.57 Å². The molecule has 0 aromatic heterocycles. The summed E-state index contributed by atoms with van der Waals surface area (Å²) >= 11 is 0. The molecule has 6 nitrogen and oxygen atoms in total. The van der Waals surface area contributed by atoms with Gasteiger partial charge < -0.3 is 9.26 Å². The highest BCUT2D eigenvalue weighted by atomic mass is 31.2. The van der Waals surface area contributed by atoms with Gasteiger partial charge in [-0.05, 0) is 19.4 Å². The Morgan fingerprint density at radius 3 is 2.58 bits per heavy atom. The fourth-order valence-corrected chi connectivity index (χ4v) is 1.81. The summed E-state index contributed by atoms with van der Waals surface area (Å²) in [4.78, 5) is 29.2. The first-order valence-corrected chi connectivity index (χ1v) is 7.37. The van der Waals surface area contributed by atoms with Crippen molar-refractivity contribution in [2.24, 2.45) is 0 Å². The molecule has 0 fully saturated rings. The molecule has 2 N–H and O–H groups in total. The second-order valence-electron chi connectivity index (χ2n) is 4.08. The maximum Gasteiger partial charge on any atom is 0.524 e. The Morgan fingerprint density at radius 1 is 1.37 bits per heavy atom. The third-order valence-corrected chi connectivity index (χ3v) is 2.87. The number of para-hydroxylation sites is 1. The number of rotatable bonds is 6. The first-order valence-electron chi connectivity index (χ1n) is 5.84. The van der Waals surface area contributed by atoms with E-state index in [1.54, 1.807) is 25.1 Å². The highest BCUT2D eigenvalue weighted by Gasteiger charge is 2.19. The minimum Gasteiger partial charge on any atom is -0.462 e. The predicted molar refractivity (Wildman–Crippen MR) is 68.7 cm³/mol. The van der Waals surface area contributed by atoms with Crippen LogP contribution >= 0.6 is 7.82 Å². The summed E-state index contributed by atoms with van der Waals surface area (Å²) in [6.45, 7) is 3.67. The number of carbonyl (C=O) groups excluding carboxylic acids is 1. The van der Waals surface area contributed by atoms with E-state index in [2.05, 4.69) is 4.52 Å². The normalized spacial score (nSPS) is 12.8. The fourth-order valence-electron chi connectivity index (χ4n) is 1.37. The van der Waals surface area contributed by atoms with Gasteiger partial charge in [0.05, 0.1) is 12.5 Å². The van der Waals surface area contributed by atoms with Crippen LogP contribution in [0.1, 0.15) is 25.8 Å². The average Bonchev–Trinajstić information content (AvgIpc) is 2.29. The number of ether oxygens (including phenoxy) is 1. The Hall–Kier alpha value is -1.36. The van der Waals surface area contributed by atoms with Crippen LogP contribution in [0.25, 0.3) is 0 Å². The highest BCUT2D eigenvalue weighted by molar-refractivity contribution is 7.46. The van der Waals surface area contributed by atoms with E-state index < -0.39 is 13.8 Å². The third-order valence-electron chi connectivity index (χ3n) is 2.43. The lowest BCUT2D eigenvalue weighted by Crippen LogP contribution is -2.16. The first-order chi connectivity index (χ1) is 8.81. The van der Waals surface area contributed by atoms with E-state index in [4.69, 9.17) is 14.5 Å². The van der Waals surface area contributed by atoms with E-state index in [0.29, 0.717) is 12.0 Å². The summed E-state index contributed by atoms with van der Waals surface area (Å²) in [5.74, 6) is -0.479. The van der Waals surface area contributed by atoms with E-state index in [-0.39, 0.29) is 18.3 Å². The van der Waals surface area contributed by atoms with Crippen LogP contribution in [-0.4, -0.2) is 21.9 Å². The van der Waals surface area contributed by atoms with Gasteiger partial charge in [0.25, 0.3) is 0 Å². The van der Waals surface area contributed by atoms with E-state index in [1.807, 2.05) is 6.92 Å². The molecule has 1 unspecified atom stereocenters. The van der Waals surface area contributed by atoms with Crippen LogP contribution in [0.3, 0.4) is 0 Å². The minimum absolute atomic E-state index is 0.0167. The summed E-state index contributed by atoms with van der Waals surface area (Å²) in [6, 6.07) is 6.17. The molecule has 1 aromatic carbocycles. The zero-order chi connectivity index (χ0) is 14.5. The molecule has 0 radical (unpaired) electrons. The number of benzene rings is 1. The molecule has 1 aromatic rings. The Morgan fingerprint density at radius 2 is 2.00 bits per heavy atom. The van der Waals surface area contributed by atoms with Gasteiger partial charge in [0.1, 0.15) is 5.75 Å². The Balaban J connectivity index is 2.78. The summed E-state index contributed by atoms with van der Waals surface area (Å²) in [6.07, 6.45) is 0.412. The lowest BCUT2D eigenvalue weighted by molar-refractivity contribution is -0.147.